The molecular formula is C15H13BrFNOS. The first-order chi connectivity index (χ1) is 9.54. The van der Waals surface area contributed by atoms with E-state index >= 15 is 0 Å². The molecule has 0 spiro atoms. The number of hydrogen-bond donors (Lipinski definition) is 1. The van der Waals surface area contributed by atoms with Gasteiger partial charge in [-0.05, 0) is 55.5 Å². The minimum absolute atomic E-state index is 0.0818. The van der Waals surface area contributed by atoms with Crippen molar-refractivity contribution in [1.82, 2.24) is 0 Å². The number of nitrogens with one attached hydrogen (secondary N) is 1. The molecule has 2 aromatic carbocycles. The zero-order chi connectivity index (χ0) is 14.5. The van der Waals surface area contributed by atoms with Crippen molar-refractivity contribution in [2.75, 3.05) is 5.32 Å². The molecule has 1 amide bonds. The van der Waals surface area contributed by atoms with Crippen LogP contribution in [0.4, 0.5) is 10.1 Å². The van der Waals surface area contributed by atoms with Crippen LogP contribution in [0.2, 0.25) is 0 Å². The maximum Gasteiger partial charge on any atom is 0.237 e. The Morgan fingerprint density at radius 3 is 2.35 bits per heavy atom. The summed E-state index contributed by atoms with van der Waals surface area (Å²) in [5.41, 5.74) is 0.754. The van der Waals surface area contributed by atoms with Crippen molar-refractivity contribution in [3.8, 4) is 0 Å². The molecule has 0 bridgehead atoms. The van der Waals surface area contributed by atoms with Gasteiger partial charge in [0.1, 0.15) is 5.82 Å². The van der Waals surface area contributed by atoms with Gasteiger partial charge in [-0.15, -0.1) is 11.8 Å². The monoisotopic (exact) mass is 353 g/mol. The number of carbonyl (C=O) groups excluding carboxylic acids is 1. The van der Waals surface area contributed by atoms with Crippen molar-refractivity contribution in [3.63, 3.8) is 0 Å². The Morgan fingerprint density at radius 2 is 1.75 bits per heavy atom. The van der Waals surface area contributed by atoms with Crippen LogP contribution in [0.3, 0.4) is 0 Å². The van der Waals surface area contributed by atoms with E-state index < -0.39 is 0 Å². The quantitative estimate of drug-likeness (QED) is 0.806. The fraction of sp³-hybridized carbons (Fsp3) is 0.133. The van der Waals surface area contributed by atoms with E-state index in [-0.39, 0.29) is 17.0 Å². The molecule has 0 aromatic heterocycles. The topological polar surface area (TPSA) is 29.1 Å². The Hall–Kier alpha value is -1.33. The van der Waals surface area contributed by atoms with Crippen LogP contribution in [0, 0.1) is 5.82 Å². The van der Waals surface area contributed by atoms with Crippen molar-refractivity contribution in [2.45, 2.75) is 17.1 Å². The molecule has 2 rings (SSSR count). The Morgan fingerprint density at radius 1 is 1.15 bits per heavy atom. The summed E-state index contributed by atoms with van der Waals surface area (Å²) in [6, 6.07) is 13.5. The molecule has 20 heavy (non-hydrogen) atoms. The van der Waals surface area contributed by atoms with E-state index in [1.165, 1.54) is 23.9 Å². The van der Waals surface area contributed by atoms with Gasteiger partial charge in [0.25, 0.3) is 0 Å². The number of rotatable bonds is 4. The van der Waals surface area contributed by atoms with Gasteiger partial charge < -0.3 is 5.32 Å². The van der Waals surface area contributed by atoms with Gasteiger partial charge in [-0.1, -0.05) is 15.9 Å². The molecule has 0 heterocycles. The number of anilines is 1. The summed E-state index contributed by atoms with van der Waals surface area (Å²) >= 11 is 4.74. The number of halogens is 2. The summed E-state index contributed by atoms with van der Waals surface area (Å²) < 4.78 is 13.8. The molecule has 0 saturated carbocycles. The molecule has 0 saturated heterocycles. The smallest absolute Gasteiger partial charge is 0.237 e. The van der Waals surface area contributed by atoms with Gasteiger partial charge in [-0.3, -0.25) is 4.79 Å². The van der Waals surface area contributed by atoms with Crippen LogP contribution in [0.15, 0.2) is 57.9 Å². The van der Waals surface area contributed by atoms with Crippen LogP contribution in [0.5, 0.6) is 0 Å². The first kappa shape index (κ1) is 15.1. The average molecular weight is 354 g/mol. The van der Waals surface area contributed by atoms with E-state index in [0.29, 0.717) is 0 Å². The molecule has 104 valence electrons. The predicted molar refractivity (Wildman–Crippen MR) is 84.5 cm³/mol. The third-order valence-corrected chi connectivity index (χ3v) is 4.25. The summed E-state index contributed by atoms with van der Waals surface area (Å²) in [7, 11) is 0. The lowest BCUT2D eigenvalue weighted by atomic mass is 10.3. The molecule has 1 unspecified atom stereocenters. The van der Waals surface area contributed by atoms with Crippen LogP contribution < -0.4 is 5.32 Å². The van der Waals surface area contributed by atoms with E-state index in [1.54, 1.807) is 12.1 Å². The number of benzene rings is 2. The Kier molecular flexibility index (Phi) is 5.20. The normalized spacial score (nSPS) is 11.9. The average Bonchev–Trinajstić information content (AvgIpc) is 2.44. The first-order valence-corrected chi connectivity index (χ1v) is 7.70. The minimum Gasteiger partial charge on any atom is -0.325 e. The number of amides is 1. The predicted octanol–water partition coefficient (Wildman–Crippen LogP) is 4.71. The standard InChI is InChI=1S/C15H13BrFNOS/c1-10(20-14-8-4-12(17)5-9-14)15(19)18-13-6-2-11(16)3-7-13/h2-10H,1H3,(H,18,19). The van der Waals surface area contributed by atoms with E-state index in [1.807, 2.05) is 31.2 Å². The van der Waals surface area contributed by atoms with Gasteiger partial charge in [-0.2, -0.15) is 0 Å². The zero-order valence-corrected chi connectivity index (χ0v) is 13.2. The third kappa shape index (κ3) is 4.35. The van der Waals surface area contributed by atoms with Crippen molar-refractivity contribution in [1.29, 1.82) is 0 Å². The molecule has 0 aliphatic heterocycles. The highest BCUT2D eigenvalue weighted by Crippen LogP contribution is 2.24. The Balaban J connectivity index is 1.94. The second kappa shape index (κ2) is 6.90. The lowest BCUT2D eigenvalue weighted by Crippen LogP contribution is -2.22. The molecule has 2 aromatic rings. The molecule has 0 fully saturated rings. The second-order valence-electron chi connectivity index (χ2n) is 4.21. The van der Waals surface area contributed by atoms with Crippen LogP contribution in [0.25, 0.3) is 0 Å². The fourth-order valence-electron chi connectivity index (χ4n) is 1.55. The fourth-order valence-corrected chi connectivity index (χ4v) is 2.68. The number of hydrogen-bond acceptors (Lipinski definition) is 2. The van der Waals surface area contributed by atoms with Crippen LogP contribution in [-0.4, -0.2) is 11.2 Å². The van der Waals surface area contributed by atoms with E-state index in [0.717, 1.165) is 15.1 Å². The summed E-state index contributed by atoms with van der Waals surface area (Å²) in [6.07, 6.45) is 0. The van der Waals surface area contributed by atoms with Gasteiger partial charge in [0, 0.05) is 15.1 Å². The maximum absolute atomic E-state index is 12.8. The van der Waals surface area contributed by atoms with Crippen molar-refractivity contribution in [2.24, 2.45) is 0 Å². The summed E-state index contributed by atoms with van der Waals surface area (Å²) in [6.45, 7) is 1.82. The minimum atomic E-state index is -0.277. The highest BCUT2D eigenvalue weighted by molar-refractivity contribution is 9.10. The second-order valence-corrected chi connectivity index (χ2v) is 6.54. The number of carbonyl (C=O) groups is 1. The summed E-state index contributed by atoms with van der Waals surface area (Å²) in [4.78, 5) is 12.9. The summed E-state index contributed by atoms with van der Waals surface area (Å²) in [5.74, 6) is -0.358. The van der Waals surface area contributed by atoms with Gasteiger partial charge in [-0.25, -0.2) is 4.39 Å². The van der Waals surface area contributed by atoms with Crippen LogP contribution >= 0.6 is 27.7 Å². The van der Waals surface area contributed by atoms with E-state index in [2.05, 4.69) is 21.2 Å². The first-order valence-electron chi connectivity index (χ1n) is 6.03. The van der Waals surface area contributed by atoms with Crippen molar-refractivity contribution in [3.05, 3.63) is 58.8 Å². The summed E-state index contributed by atoms with van der Waals surface area (Å²) in [5, 5.41) is 2.59. The highest BCUT2D eigenvalue weighted by Gasteiger charge is 2.14. The van der Waals surface area contributed by atoms with Crippen LogP contribution in [-0.2, 0) is 4.79 Å². The molecule has 0 radical (unpaired) electrons. The van der Waals surface area contributed by atoms with Gasteiger partial charge in [0.2, 0.25) is 5.91 Å². The SMILES string of the molecule is CC(Sc1ccc(F)cc1)C(=O)Nc1ccc(Br)cc1. The Labute approximate surface area is 129 Å². The van der Waals surface area contributed by atoms with E-state index in [4.69, 9.17) is 0 Å². The third-order valence-electron chi connectivity index (χ3n) is 2.61. The molecular weight excluding hydrogens is 341 g/mol. The molecule has 0 aliphatic carbocycles. The lowest BCUT2D eigenvalue weighted by Gasteiger charge is -2.12. The Bertz CT molecular complexity index is 586. The maximum atomic E-state index is 12.8. The lowest BCUT2D eigenvalue weighted by molar-refractivity contribution is -0.115. The van der Waals surface area contributed by atoms with Crippen molar-refractivity contribution < 1.29 is 9.18 Å². The molecule has 5 heteroatoms. The molecule has 0 aliphatic rings. The molecule has 2 nitrogen and oxygen atoms in total. The van der Waals surface area contributed by atoms with Gasteiger partial charge in [0.05, 0.1) is 5.25 Å². The van der Waals surface area contributed by atoms with Gasteiger partial charge >= 0.3 is 0 Å². The van der Waals surface area contributed by atoms with Crippen molar-refractivity contribution >= 4 is 39.3 Å². The van der Waals surface area contributed by atoms with E-state index in [9.17, 15) is 9.18 Å². The molecule has 1 N–H and O–H groups in total. The zero-order valence-electron chi connectivity index (χ0n) is 10.8. The highest BCUT2D eigenvalue weighted by atomic mass is 79.9. The number of thioether (sulfide) groups is 1. The van der Waals surface area contributed by atoms with Crippen LogP contribution in [0.1, 0.15) is 6.92 Å². The molecule has 1 atom stereocenters. The van der Waals surface area contributed by atoms with Gasteiger partial charge in [0.15, 0.2) is 0 Å². The largest absolute Gasteiger partial charge is 0.325 e.